The summed E-state index contributed by atoms with van der Waals surface area (Å²) in [7, 11) is 1.45. The van der Waals surface area contributed by atoms with E-state index < -0.39 is 24.2 Å². The molecule has 7 nitrogen and oxygen atoms in total. The van der Waals surface area contributed by atoms with Crippen molar-refractivity contribution in [3.05, 3.63) is 70.4 Å². The van der Waals surface area contributed by atoms with Crippen LogP contribution in [0.25, 0.3) is 11.0 Å². The quantitative estimate of drug-likeness (QED) is 0.297. The van der Waals surface area contributed by atoms with Gasteiger partial charge in [-0.15, -0.1) is 0 Å². The van der Waals surface area contributed by atoms with E-state index in [-0.39, 0.29) is 22.5 Å². The highest BCUT2D eigenvalue weighted by molar-refractivity contribution is 5.93. The van der Waals surface area contributed by atoms with Crippen LogP contribution in [0.5, 0.6) is 5.75 Å². The van der Waals surface area contributed by atoms with E-state index in [9.17, 15) is 19.2 Å². The summed E-state index contributed by atoms with van der Waals surface area (Å²) in [5, 5.41) is 12.6. The molecule has 0 aliphatic carbocycles. The molecule has 0 amide bonds. The van der Waals surface area contributed by atoms with Crippen LogP contribution >= 0.6 is 0 Å². The van der Waals surface area contributed by atoms with Crippen LogP contribution < -0.4 is 9.47 Å². The number of Topliss-reactive ketones (excluding diaryl/α,β-unsaturated/α-hetero) is 1. The average molecular weight is 370 g/mol. The van der Waals surface area contributed by atoms with Crippen LogP contribution in [0.1, 0.15) is 33.5 Å². The number of rotatable bonds is 5. The number of hydrogen-bond acceptors (Lipinski definition) is 6. The van der Waals surface area contributed by atoms with E-state index >= 15 is 0 Å². The Morgan fingerprint density at radius 1 is 1.22 bits per heavy atom. The highest BCUT2D eigenvalue weighted by atomic mass is 19.1. The van der Waals surface area contributed by atoms with Gasteiger partial charge >= 0.3 is 5.97 Å². The molecular formula is C19H15FN2O5. The minimum absolute atomic E-state index is 0.0140. The lowest BCUT2D eigenvalue weighted by Gasteiger charge is -2.11. The van der Waals surface area contributed by atoms with Gasteiger partial charge in [-0.3, -0.25) is 4.79 Å². The molecule has 138 valence electrons. The summed E-state index contributed by atoms with van der Waals surface area (Å²) in [5.41, 5.74) is -0.0733. The molecule has 0 N–H and O–H groups in total. The monoisotopic (exact) mass is 370 g/mol. The minimum Gasteiger partial charge on any atom is -0.618 e. The third kappa shape index (κ3) is 3.55. The van der Waals surface area contributed by atoms with Gasteiger partial charge in [-0.25, -0.2) is 14.2 Å². The average Bonchev–Trinajstić information content (AvgIpc) is 2.66. The molecule has 2 aromatic carbocycles. The maximum absolute atomic E-state index is 13.7. The Hall–Kier alpha value is -3.55. The molecular weight excluding hydrogens is 355 g/mol. The van der Waals surface area contributed by atoms with Crippen molar-refractivity contribution in [1.82, 2.24) is 4.98 Å². The smallest absolute Gasteiger partial charge is 0.341 e. The second kappa shape index (κ2) is 7.36. The number of ether oxygens (including phenoxy) is 2. The molecule has 3 rings (SSSR count). The minimum atomic E-state index is -0.920. The molecule has 27 heavy (non-hydrogen) atoms. The second-order valence-electron chi connectivity index (χ2n) is 5.67. The Morgan fingerprint density at radius 2 is 1.96 bits per heavy atom. The first-order valence-electron chi connectivity index (χ1n) is 7.95. The van der Waals surface area contributed by atoms with E-state index in [1.54, 1.807) is 12.1 Å². The van der Waals surface area contributed by atoms with Crippen molar-refractivity contribution in [3.63, 3.8) is 0 Å². The van der Waals surface area contributed by atoms with Gasteiger partial charge in [0.1, 0.15) is 23.7 Å². The van der Waals surface area contributed by atoms with Crippen molar-refractivity contribution in [2.75, 3.05) is 7.11 Å². The Labute approximate surface area is 153 Å². The largest absolute Gasteiger partial charge is 0.618 e. The lowest BCUT2D eigenvalue weighted by atomic mass is 10.2. The van der Waals surface area contributed by atoms with Crippen LogP contribution in [-0.2, 0) is 11.3 Å². The molecule has 3 aromatic rings. The van der Waals surface area contributed by atoms with Gasteiger partial charge in [0.2, 0.25) is 11.3 Å². The third-order valence-electron chi connectivity index (χ3n) is 3.90. The van der Waals surface area contributed by atoms with Crippen molar-refractivity contribution in [2.45, 2.75) is 13.5 Å². The SMILES string of the molecule is COc1ccc2nc(COC(=O)c3ccccc3F)c(C(C)=O)[n+]([O-])c2c1. The number of esters is 1. The zero-order valence-electron chi connectivity index (χ0n) is 14.6. The highest BCUT2D eigenvalue weighted by Gasteiger charge is 2.25. The fourth-order valence-corrected chi connectivity index (χ4v) is 2.61. The first-order valence-corrected chi connectivity index (χ1v) is 7.95. The Balaban J connectivity index is 1.98. The molecule has 0 unspecified atom stereocenters. The van der Waals surface area contributed by atoms with E-state index in [0.717, 1.165) is 6.07 Å². The van der Waals surface area contributed by atoms with Crippen molar-refractivity contribution < 1.29 is 28.2 Å². The topological polar surface area (TPSA) is 92.4 Å². The van der Waals surface area contributed by atoms with Crippen molar-refractivity contribution in [1.29, 1.82) is 0 Å². The molecule has 0 fully saturated rings. The van der Waals surface area contributed by atoms with E-state index in [1.165, 1.54) is 38.3 Å². The molecule has 0 bridgehead atoms. The number of halogens is 1. The van der Waals surface area contributed by atoms with Crippen LogP contribution in [0.15, 0.2) is 42.5 Å². The molecule has 0 saturated carbocycles. The summed E-state index contributed by atoms with van der Waals surface area (Å²) < 4.78 is 24.3. The maximum Gasteiger partial charge on any atom is 0.341 e. The van der Waals surface area contributed by atoms with Gasteiger partial charge in [0.15, 0.2) is 5.69 Å². The number of benzene rings is 2. The number of ketones is 1. The zero-order valence-corrected chi connectivity index (χ0v) is 14.6. The van der Waals surface area contributed by atoms with Crippen molar-refractivity contribution in [2.24, 2.45) is 0 Å². The first-order chi connectivity index (χ1) is 12.9. The zero-order chi connectivity index (χ0) is 19.6. The summed E-state index contributed by atoms with van der Waals surface area (Å²) in [6.07, 6.45) is 0. The van der Waals surface area contributed by atoms with Crippen LogP contribution in [0.2, 0.25) is 0 Å². The van der Waals surface area contributed by atoms with Crippen LogP contribution in [0.4, 0.5) is 4.39 Å². The maximum atomic E-state index is 13.7. The molecule has 0 radical (unpaired) electrons. The number of carbonyl (C=O) groups excluding carboxylic acids is 2. The first kappa shape index (κ1) is 18.2. The van der Waals surface area contributed by atoms with Gasteiger partial charge in [-0.05, 0) is 24.3 Å². The summed E-state index contributed by atoms with van der Waals surface area (Å²) in [6, 6.07) is 9.96. The predicted octanol–water partition coefficient (Wildman–Crippen LogP) is 2.58. The summed E-state index contributed by atoms with van der Waals surface area (Å²) in [6.45, 7) is 0.756. The molecule has 0 saturated heterocycles. The molecule has 0 aliphatic rings. The van der Waals surface area contributed by atoms with Crippen molar-refractivity contribution >= 4 is 22.8 Å². The van der Waals surface area contributed by atoms with Gasteiger partial charge in [-0.2, -0.15) is 4.73 Å². The normalized spacial score (nSPS) is 10.6. The van der Waals surface area contributed by atoms with Crippen LogP contribution in [0.3, 0.4) is 0 Å². The second-order valence-corrected chi connectivity index (χ2v) is 5.67. The van der Waals surface area contributed by atoms with E-state index in [2.05, 4.69) is 4.98 Å². The number of methoxy groups -OCH3 is 1. The standard InChI is InChI=1S/C19H15FN2O5/c1-11(23)18-16(10-27-19(24)13-5-3-4-6-14(13)20)21-15-8-7-12(26-2)9-17(15)22(18)25/h3-9H,10H2,1-2H3. The van der Waals surface area contributed by atoms with E-state index in [1.807, 2.05) is 0 Å². The third-order valence-corrected chi connectivity index (χ3v) is 3.90. The Morgan fingerprint density at radius 3 is 2.63 bits per heavy atom. The van der Waals surface area contributed by atoms with Gasteiger partial charge in [0, 0.05) is 6.92 Å². The molecule has 1 heterocycles. The van der Waals surface area contributed by atoms with Gasteiger partial charge in [0.05, 0.1) is 18.7 Å². The fourth-order valence-electron chi connectivity index (χ4n) is 2.61. The number of hydrogen-bond donors (Lipinski definition) is 0. The molecule has 1 aromatic heterocycles. The number of carbonyl (C=O) groups is 2. The summed E-state index contributed by atoms with van der Waals surface area (Å²) in [5.74, 6) is -1.76. The molecule has 8 heteroatoms. The fraction of sp³-hybridized carbons (Fsp3) is 0.158. The Bertz CT molecular complexity index is 1050. The van der Waals surface area contributed by atoms with Gasteiger partial charge in [0.25, 0.3) is 5.69 Å². The lowest BCUT2D eigenvalue weighted by molar-refractivity contribution is -0.580. The molecule has 0 spiro atoms. The van der Waals surface area contributed by atoms with E-state index in [0.29, 0.717) is 16.0 Å². The summed E-state index contributed by atoms with van der Waals surface area (Å²) in [4.78, 5) is 28.3. The van der Waals surface area contributed by atoms with Crippen LogP contribution in [-0.4, -0.2) is 23.8 Å². The Kier molecular flexibility index (Phi) is 4.98. The van der Waals surface area contributed by atoms with E-state index in [4.69, 9.17) is 9.47 Å². The number of aromatic nitrogens is 2. The molecule has 0 aliphatic heterocycles. The van der Waals surface area contributed by atoms with Crippen molar-refractivity contribution in [3.8, 4) is 5.75 Å². The van der Waals surface area contributed by atoms with Crippen LogP contribution in [0, 0.1) is 11.0 Å². The number of nitrogens with zero attached hydrogens (tertiary/aromatic N) is 2. The van der Waals surface area contributed by atoms with Gasteiger partial charge in [-0.1, -0.05) is 12.1 Å². The predicted molar refractivity (Wildman–Crippen MR) is 92.8 cm³/mol. The van der Waals surface area contributed by atoms with Gasteiger partial charge < -0.3 is 14.7 Å². The molecule has 0 atom stereocenters. The number of fused-ring (bicyclic) bond motifs is 1. The highest BCUT2D eigenvalue weighted by Crippen LogP contribution is 2.19. The lowest BCUT2D eigenvalue weighted by Crippen LogP contribution is -2.37. The summed E-state index contributed by atoms with van der Waals surface area (Å²) >= 11 is 0.